The second-order valence-corrected chi connectivity index (χ2v) is 8.32. The predicted molar refractivity (Wildman–Crippen MR) is 126 cm³/mol. The van der Waals surface area contributed by atoms with Crippen LogP contribution in [0.15, 0.2) is 48.5 Å². The van der Waals surface area contributed by atoms with Crippen molar-refractivity contribution in [1.82, 2.24) is 4.57 Å². The van der Waals surface area contributed by atoms with Crippen LogP contribution in [0.25, 0.3) is 10.9 Å². The van der Waals surface area contributed by atoms with Crippen molar-refractivity contribution in [3.05, 3.63) is 59.7 Å². The van der Waals surface area contributed by atoms with Crippen LogP contribution in [0.1, 0.15) is 74.2 Å². The number of ketones is 1. The molecule has 2 N–H and O–H groups in total. The number of unbranched alkanes of at least 4 members (excludes halogenated alkanes) is 6. The number of aromatic hydroxyl groups is 1. The Hall–Kier alpha value is -3.29. The van der Waals surface area contributed by atoms with E-state index in [1.54, 1.807) is 18.2 Å². The third-order valence-electron chi connectivity index (χ3n) is 5.81. The second kappa shape index (κ2) is 11.2. The van der Waals surface area contributed by atoms with Crippen molar-refractivity contribution in [3.8, 4) is 5.88 Å². The zero-order valence-electron chi connectivity index (χ0n) is 19.1. The van der Waals surface area contributed by atoms with E-state index >= 15 is 0 Å². The first-order chi connectivity index (χ1) is 16.3. The fourth-order valence-corrected chi connectivity index (χ4v) is 4.08. The smallest absolute Gasteiger partial charge is 0.418 e. The molecular weight excluding hydrogens is 445 g/mol. The molecule has 1 amide bonds. The van der Waals surface area contributed by atoms with Crippen molar-refractivity contribution >= 4 is 28.4 Å². The molecule has 0 aliphatic rings. The van der Waals surface area contributed by atoms with Crippen molar-refractivity contribution in [1.29, 1.82) is 0 Å². The quantitative estimate of drug-likeness (QED) is 0.233. The number of nitrogens with one attached hydrogen (secondary N) is 1. The predicted octanol–water partition coefficient (Wildman–Crippen LogP) is 7.77. The van der Waals surface area contributed by atoms with E-state index in [1.165, 1.54) is 31.0 Å². The first-order valence-electron chi connectivity index (χ1n) is 11.6. The van der Waals surface area contributed by atoms with Crippen LogP contribution in [0.2, 0.25) is 0 Å². The lowest BCUT2D eigenvalue weighted by Crippen LogP contribution is -2.21. The molecule has 182 valence electrons. The summed E-state index contributed by atoms with van der Waals surface area (Å²) in [5, 5.41) is 13.4. The van der Waals surface area contributed by atoms with Crippen molar-refractivity contribution in [2.24, 2.45) is 0 Å². The molecule has 0 radical (unpaired) electrons. The monoisotopic (exact) mass is 474 g/mol. The van der Waals surface area contributed by atoms with Crippen molar-refractivity contribution < 1.29 is 27.9 Å². The fourth-order valence-electron chi connectivity index (χ4n) is 4.08. The van der Waals surface area contributed by atoms with Gasteiger partial charge in [-0.1, -0.05) is 75.8 Å². The SMILES string of the molecule is CCCCCCCCCC(=O)c1c(O)n(C(=O)Nc2ccccc2C(F)(F)F)c2ccccc12. The van der Waals surface area contributed by atoms with E-state index in [4.69, 9.17) is 0 Å². The van der Waals surface area contributed by atoms with Gasteiger partial charge in [0.1, 0.15) is 0 Å². The Bertz CT molecular complexity index is 1150. The molecule has 3 rings (SSSR count). The molecule has 0 atom stereocenters. The molecule has 34 heavy (non-hydrogen) atoms. The van der Waals surface area contributed by atoms with Crippen LogP contribution in [0.3, 0.4) is 0 Å². The number of carbonyl (C=O) groups is 2. The highest BCUT2D eigenvalue weighted by Gasteiger charge is 2.34. The molecule has 8 heteroatoms. The van der Waals surface area contributed by atoms with Gasteiger partial charge < -0.3 is 10.4 Å². The molecule has 2 aromatic carbocycles. The molecule has 3 aromatic rings. The highest BCUT2D eigenvalue weighted by molar-refractivity contribution is 6.14. The summed E-state index contributed by atoms with van der Waals surface area (Å²) in [7, 11) is 0. The Morgan fingerprint density at radius 2 is 1.53 bits per heavy atom. The van der Waals surface area contributed by atoms with Crippen LogP contribution in [0.5, 0.6) is 5.88 Å². The summed E-state index contributed by atoms with van der Waals surface area (Å²) >= 11 is 0. The van der Waals surface area contributed by atoms with Crippen LogP contribution in [0, 0.1) is 0 Å². The third kappa shape index (κ3) is 5.79. The van der Waals surface area contributed by atoms with Crippen molar-refractivity contribution in [2.75, 3.05) is 5.32 Å². The summed E-state index contributed by atoms with van der Waals surface area (Å²) in [5.41, 5.74) is -1.19. The zero-order valence-corrected chi connectivity index (χ0v) is 19.1. The maximum Gasteiger partial charge on any atom is 0.418 e. The first kappa shape index (κ1) is 25.3. The lowest BCUT2D eigenvalue weighted by molar-refractivity contribution is -0.136. The summed E-state index contributed by atoms with van der Waals surface area (Å²) in [6.07, 6.45) is 2.79. The number of hydrogen-bond donors (Lipinski definition) is 2. The molecule has 1 aromatic heterocycles. The average molecular weight is 475 g/mol. The number of rotatable bonds is 10. The van der Waals surface area contributed by atoms with Gasteiger partial charge in [0.15, 0.2) is 5.78 Å². The average Bonchev–Trinajstić information content (AvgIpc) is 3.09. The van der Waals surface area contributed by atoms with Crippen molar-refractivity contribution in [2.45, 2.75) is 64.5 Å². The number of nitrogens with zero attached hydrogens (tertiary/aromatic N) is 1. The minimum absolute atomic E-state index is 0.0147. The molecule has 0 saturated carbocycles. The number of alkyl halides is 3. The van der Waals surface area contributed by atoms with Crippen LogP contribution in [-0.2, 0) is 6.18 Å². The molecular formula is C26H29F3N2O3. The number of anilines is 1. The maximum absolute atomic E-state index is 13.3. The Morgan fingerprint density at radius 3 is 2.24 bits per heavy atom. The molecule has 0 aliphatic heterocycles. The Labute approximate surface area is 196 Å². The van der Waals surface area contributed by atoms with Gasteiger partial charge in [0, 0.05) is 11.8 Å². The van der Waals surface area contributed by atoms with E-state index in [9.17, 15) is 27.9 Å². The summed E-state index contributed by atoms with van der Waals surface area (Å²) in [6, 6.07) is 10.1. The summed E-state index contributed by atoms with van der Waals surface area (Å²) < 4.78 is 40.8. The number of hydrogen-bond acceptors (Lipinski definition) is 3. The zero-order chi connectivity index (χ0) is 24.7. The van der Waals surface area contributed by atoms with Crippen LogP contribution in [0.4, 0.5) is 23.7 Å². The van der Waals surface area contributed by atoms with Gasteiger partial charge in [0.05, 0.1) is 22.3 Å². The fraction of sp³-hybridized carbons (Fsp3) is 0.385. The highest BCUT2D eigenvalue weighted by Crippen LogP contribution is 2.36. The maximum atomic E-state index is 13.3. The normalized spacial score (nSPS) is 11.6. The molecule has 0 fully saturated rings. The molecule has 0 aliphatic carbocycles. The number of para-hydroxylation sites is 2. The van der Waals surface area contributed by atoms with Gasteiger partial charge in [0.2, 0.25) is 5.88 Å². The van der Waals surface area contributed by atoms with Gasteiger partial charge >= 0.3 is 12.2 Å². The van der Waals surface area contributed by atoms with Gasteiger partial charge in [-0.15, -0.1) is 0 Å². The number of benzene rings is 2. The Kier molecular flexibility index (Phi) is 8.36. The minimum atomic E-state index is -4.66. The van der Waals surface area contributed by atoms with Crippen LogP contribution >= 0.6 is 0 Å². The van der Waals surface area contributed by atoms with E-state index in [1.807, 2.05) is 0 Å². The van der Waals surface area contributed by atoms with E-state index < -0.39 is 29.3 Å². The highest BCUT2D eigenvalue weighted by atomic mass is 19.4. The molecule has 0 bridgehead atoms. The van der Waals surface area contributed by atoms with E-state index in [0.717, 1.165) is 42.4 Å². The Balaban J connectivity index is 1.82. The number of carbonyl (C=O) groups excluding carboxylic acids is 2. The van der Waals surface area contributed by atoms with Crippen molar-refractivity contribution in [3.63, 3.8) is 0 Å². The number of amides is 1. The largest absolute Gasteiger partial charge is 0.494 e. The molecule has 0 unspecified atom stereocenters. The third-order valence-corrected chi connectivity index (χ3v) is 5.81. The van der Waals surface area contributed by atoms with Gasteiger partial charge in [-0.25, -0.2) is 9.36 Å². The minimum Gasteiger partial charge on any atom is -0.494 e. The number of fused-ring (bicyclic) bond motifs is 1. The van der Waals surface area contributed by atoms with Gasteiger partial charge in [-0.05, 0) is 24.6 Å². The van der Waals surface area contributed by atoms with E-state index in [0.29, 0.717) is 11.8 Å². The summed E-state index contributed by atoms with van der Waals surface area (Å²) in [6.45, 7) is 2.15. The summed E-state index contributed by atoms with van der Waals surface area (Å²) in [5.74, 6) is -0.874. The van der Waals surface area contributed by atoms with Gasteiger partial charge in [-0.3, -0.25) is 4.79 Å². The molecule has 0 spiro atoms. The van der Waals surface area contributed by atoms with Gasteiger partial charge in [-0.2, -0.15) is 13.2 Å². The lowest BCUT2D eigenvalue weighted by atomic mass is 10.0. The Morgan fingerprint density at radius 1 is 0.912 bits per heavy atom. The van der Waals surface area contributed by atoms with E-state index in [-0.39, 0.29) is 23.3 Å². The van der Waals surface area contributed by atoms with E-state index in [2.05, 4.69) is 12.2 Å². The molecule has 1 heterocycles. The lowest BCUT2D eigenvalue weighted by Gasteiger charge is -2.14. The summed E-state index contributed by atoms with van der Waals surface area (Å²) in [4.78, 5) is 25.9. The second-order valence-electron chi connectivity index (χ2n) is 8.32. The molecule has 5 nitrogen and oxygen atoms in total. The topological polar surface area (TPSA) is 71.3 Å². The number of halogens is 3. The van der Waals surface area contributed by atoms with Crippen LogP contribution in [-0.4, -0.2) is 21.5 Å². The molecule has 0 saturated heterocycles. The van der Waals surface area contributed by atoms with Crippen LogP contribution < -0.4 is 5.32 Å². The first-order valence-corrected chi connectivity index (χ1v) is 11.6. The number of Topliss-reactive ketones (excluding diaryl/α,β-unsaturated/α-hetero) is 1. The van der Waals surface area contributed by atoms with Gasteiger partial charge in [0.25, 0.3) is 0 Å². The standard InChI is InChI=1S/C26H29F3N2O3/c1-2-3-4-5-6-7-8-17-22(32)23-18-13-9-12-16-21(18)31(24(23)33)25(34)30-20-15-11-10-14-19(20)26(27,28)29/h9-16,33H,2-8,17H2,1H3,(H,30,34). The number of aromatic nitrogens is 1.